The monoisotopic (exact) mass is 623 g/mol. The van der Waals surface area contributed by atoms with Gasteiger partial charge in [-0.25, -0.2) is 14.8 Å². The number of hydrogen-bond acceptors (Lipinski definition) is 10. The van der Waals surface area contributed by atoms with E-state index in [1.807, 2.05) is 0 Å². The van der Waals surface area contributed by atoms with E-state index in [1.165, 1.54) is 22.8 Å². The number of nitro groups is 1. The summed E-state index contributed by atoms with van der Waals surface area (Å²) in [5.74, 6) is -0.582. The molecule has 0 fully saturated rings. The van der Waals surface area contributed by atoms with E-state index in [0.29, 0.717) is 32.3 Å². The number of nitrogens with one attached hydrogen (secondary N) is 1. The average Bonchev–Trinajstić information content (AvgIpc) is 3.22. The van der Waals surface area contributed by atoms with Crippen LogP contribution in [0.15, 0.2) is 84.4 Å². The number of nitro benzene ring substituents is 1. The molecule has 1 aliphatic rings. The summed E-state index contributed by atoms with van der Waals surface area (Å²) in [4.78, 5) is 62.0. The Morgan fingerprint density at radius 3 is 2.62 bits per heavy atom. The maximum Gasteiger partial charge on any atom is 0.338 e. The van der Waals surface area contributed by atoms with Crippen molar-refractivity contribution in [2.75, 3.05) is 6.61 Å². The molecule has 0 bridgehead atoms. The van der Waals surface area contributed by atoms with Gasteiger partial charge in [0.1, 0.15) is 0 Å². The Hall–Kier alpha value is -4.33. The third-order valence-corrected chi connectivity index (χ3v) is 8.42. The Balaban J connectivity index is 1.62. The van der Waals surface area contributed by atoms with Crippen LogP contribution in [-0.4, -0.2) is 32.0 Å². The number of aromatic nitrogens is 3. The lowest BCUT2D eigenvalue weighted by atomic mass is 9.96. The van der Waals surface area contributed by atoms with Gasteiger partial charge in [-0.15, -0.1) is 0 Å². The third-order valence-electron chi connectivity index (χ3n) is 6.23. The molecule has 0 aliphatic carbocycles. The molecule has 4 aromatic rings. The fourth-order valence-electron chi connectivity index (χ4n) is 4.46. The van der Waals surface area contributed by atoms with Crippen molar-refractivity contribution in [3.05, 3.63) is 122 Å². The van der Waals surface area contributed by atoms with Crippen LogP contribution >= 0.6 is 34.7 Å². The van der Waals surface area contributed by atoms with Crippen LogP contribution in [0, 0.1) is 17.0 Å². The fraction of sp³-hybridized carbons (Fsp3) is 0.179. The number of rotatable bonds is 7. The molecule has 3 heterocycles. The minimum atomic E-state index is -0.809. The number of nitrogens with zero attached hydrogens (tertiary/aromatic N) is 4. The number of carbonyl (C=O) groups is 1. The Labute approximate surface area is 251 Å². The van der Waals surface area contributed by atoms with Gasteiger partial charge in [-0.2, -0.15) is 0 Å². The predicted molar refractivity (Wildman–Crippen MR) is 159 cm³/mol. The normalized spacial score (nSPS) is 14.9. The van der Waals surface area contributed by atoms with Crippen molar-refractivity contribution < 1.29 is 14.5 Å². The Morgan fingerprint density at radius 1 is 1.21 bits per heavy atom. The first-order chi connectivity index (χ1) is 20.0. The van der Waals surface area contributed by atoms with Crippen LogP contribution in [0.5, 0.6) is 0 Å². The molecule has 0 radical (unpaired) electrons. The van der Waals surface area contributed by atoms with Gasteiger partial charge in [-0.05, 0) is 67.9 Å². The van der Waals surface area contributed by atoms with Gasteiger partial charge in [0.2, 0.25) is 0 Å². The quantitative estimate of drug-likeness (QED) is 0.141. The van der Waals surface area contributed by atoms with E-state index in [0.717, 1.165) is 23.1 Å². The minimum Gasteiger partial charge on any atom is -0.463 e. The van der Waals surface area contributed by atoms with Crippen molar-refractivity contribution in [2.24, 2.45) is 4.99 Å². The number of hydrogen-bond donors (Lipinski definition) is 1. The number of aryl methyl sites for hydroxylation is 1. The summed E-state index contributed by atoms with van der Waals surface area (Å²) in [6, 6.07) is 11.8. The average molecular weight is 624 g/mol. The zero-order valence-electron chi connectivity index (χ0n) is 22.4. The standard InChI is InChI=1S/C28H22ClN5O6S2/c1-4-40-26(37)23-15(3)31-28-33(24(23)17-6-8-18(29)9-7-17)25(36)21(42-28)13-16-5-10-20(19(12-16)34(38)39)41-27-30-14(2)11-22(35)32-27/h5-13,24H,4H2,1-3H3,(H,30,32,35)/b21-13+/t24-/m1/s1. The van der Waals surface area contributed by atoms with Gasteiger partial charge < -0.3 is 9.72 Å². The molecular weight excluding hydrogens is 602 g/mol. The molecule has 11 nitrogen and oxygen atoms in total. The number of ether oxygens (including phenoxy) is 1. The lowest BCUT2D eigenvalue weighted by Gasteiger charge is -2.24. The summed E-state index contributed by atoms with van der Waals surface area (Å²) < 4.78 is 6.99. The van der Waals surface area contributed by atoms with E-state index < -0.39 is 22.5 Å². The van der Waals surface area contributed by atoms with Crippen molar-refractivity contribution in [3.8, 4) is 0 Å². The maximum atomic E-state index is 13.8. The fourth-order valence-corrected chi connectivity index (χ4v) is 6.56. The summed E-state index contributed by atoms with van der Waals surface area (Å²) >= 11 is 8.16. The van der Waals surface area contributed by atoms with E-state index in [4.69, 9.17) is 16.3 Å². The van der Waals surface area contributed by atoms with Gasteiger partial charge >= 0.3 is 5.97 Å². The van der Waals surface area contributed by atoms with Crippen LogP contribution in [0.25, 0.3) is 6.08 Å². The highest BCUT2D eigenvalue weighted by molar-refractivity contribution is 7.99. The number of esters is 1. The second-order valence-corrected chi connectivity index (χ2v) is 11.6. The first-order valence-electron chi connectivity index (χ1n) is 12.5. The highest BCUT2D eigenvalue weighted by atomic mass is 35.5. The Morgan fingerprint density at radius 2 is 1.95 bits per heavy atom. The van der Waals surface area contributed by atoms with Gasteiger partial charge in [0.25, 0.3) is 16.8 Å². The molecule has 1 atom stereocenters. The second-order valence-electron chi connectivity index (χ2n) is 9.13. The number of fused-ring (bicyclic) bond motifs is 1. The number of benzene rings is 2. The SMILES string of the molecule is CCOC(=O)C1=C(C)N=c2s/c(=C/c3ccc(Sc4nc(C)cc(=O)[nH]4)c([N+](=O)[O-])c3)c(=O)n2[C@@H]1c1ccc(Cl)cc1. The van der Waals surface area contributed by atoms with Crippen molar-refractivity contribution in [3.63, 3.8) is 0 Å². The lowest BCUT2D eigenvalue weighted by molar-refractivity contribution is -0.387. The van der Waals surface area contributed by atoms with Gasteiger partial charge in [0.15, 0.2) is 9.96 Å². The van der Waals surface area contributed by atoms with Crippen molar-refractivity contribution in [2.45, 2.75) is 36.9 Å². The number of aromatic amines is 1. The summed E-state index contributed by atoms with van der Waals surface area (Å²) in [6.07, 6.45) is 1.54. The van der Waals surface area contributed by atoms with E-state index in [9.17, 15) is 24.5 Å². The zero-order chi connectivity index (χ0) is 30.1. The largest absolute Gasteiger partial charge is 0.463 e. The van der Waals surface area contributed by atoms with Crippen molar-refractivity contribution >= 4 is 52.4 Å². The Bertz CT molecular complexity index is 2010. The smallest absolute Gasteiger partial charge is 0.338 e. The molecule has 14 heteroatoms. The molecule has 2 aromatic carbocycles. The molecule has 0 amide bonds. The van der Waals surface area contributed by atoms with E-state index in [2.05, 4.69) is 15.0 Å². The van der Waals surface area contributed by atoms with Crippen molar-refractivity contribution in [1.82, 2.24) is 14.5 Å². The molecule has 42 heavy (non-hydrogen) atoms. The summed E-state index contributed by atoms with van der Waals surface area (Å²) in [7, 11) is 0. The van der Waals surface area contributed by atoms with Crippen molar-refractivity contribution in [1.29, 1.82) is 0 Å². The number of H-pyrrole nitrogens is 1. The van der Waals surface area contributed by atoms with Crippen LogP contribution < -0.4 is 20.5 Å². The summed E-state index contributed by atoms with van der Waals surface area (Å²) in [6.45, 7) is 5.18. The molecule has 214 valence electrons. The number of halogens is 1. The number of carbonyl (C=O) groups excluding carboxylic acids is 1. The van der Waals surface area contributed by atoms with Gasteiger partial charge in [0, 0.05) is 22.8 Å². The zero-order valence-corrected chi connectivity index (χ0v) is 24.8. The lowest BCUT2D eigenvalue weighted by Crippen LogP contribution is -2.39. The maximum absolute atomic E-state index is 13.8. The minimum absolute atomic E-state index is 0.149. The van der Waals surface area contributed by atoms with E-state index in [-0.39, 0.29) is 38.0 Å². The van der Waals surface area contributed by atoms with Crippen LogP contribution in [0.3, 0.4) is 0 Å². The molecule has 1 N–H and O–H groups in total. The summed E-state index contributed by atoms with van der Waals surface area (Å²) in [5, 5.41) is 12.7. The van der Waals surface area contributed by atoms with Crippen LogP contribution in [0.4, 0.5) is 5.69 Å². The molecule has 1 aliphatic heterocycles. The molecule has 0 saturated heterocycles. The van der Waals surface area contributed by atoms with Gasteiger partial charge in [0.05, 0.1) is 38.3 Å². The Kier molecular flexibility index (Phi) is 8.25. The molecule has 2 aromatic heterocycles. The molecular formula is C28H22ClN5O6S2. The third kappa shape index (κ3) is 5.84. The number of thiazole rings is 1. The number of allylic oxidation sites excluding steroid dienone is 1. The molecule has 0 unspecified atom stereocenters. The molecule has 0 saturated carbocycles. The summed E-state index contributed by atoms with van der Waals surface area (Å²) in [5.41, 5.74) is 1.18. The topological polar surface area (TPSA) is 150 Å². The highest BCUT2D eigenvalue weighted by Crippen LogP contribution is 2.34. The van der Waals surface area contributed by atoms with E-state index >= 15 is 0 Å². The highest BCUT2D eigenvalue weighted by Gasteiger charge is 2.33. The molecule has 5 rings (SSSR count). The van der Waals surface area contributed by atoms with Gasteiger partial charge in [-0.1, -0.05) is 41.1 Å². The van der Waals surface area contributed by atoms with Crippen LogP contribution in [0.2, 0.25) is 5.02 Å². The first-order valence-corrected chi connectivity index (χ1v) is 14.6. The van der Waals surface area contributed by atoms with Gasteiger partial charge in [-0.3, -0.25) is 24.3 Å². The van der Waals surface area contributed by atoms with Crippen LogP contribution in [0.1, 0.15) is 36.7 Å². The predicted octanol–water partition coefficient (Wildman–Crippen LogP) is 3.90. The second kappa shape index (κ2) is 11.9. The molecule has 0 spiro atoms. The first kappa shape index (κ1) is 29.2. The van der Waals surface area contributed by atoms with Crippen LogP contribution in [-0.2, 0) is 9.53 Å². The van der Waals surface area contributed by atoms with E-state index in [1.54, 1.807) is 57.2 Å².